The summed E-state index contributed by atoms with van der Waals surface area (Å²) in [6, 6.07) is 11.8. The van der Waals surface area contributed by atoms with Crippen molar-refractivity contribution in [3.8, 4) is 11.8 Å². The molecule has 3 aromatic rings. The summed E-state index contributed by atoms with van der Waals surface area (Å²) in [5, 5.41) is 19.6. The Bertz CT molecular complexity index is 1450. The van der Waals surface area contributed by atoms with Crippen molar-refractivity contribution in [2.24, 2.45) is 0 Å². The van der Waals surface area contributed by atoms with E-state index in [4.69, 9.17) is 9.94 Å². The number of fused-ring (bicyclic) bond motifs is 1. The van der Waals surface area contributed by atoms with E-state index in [-0.39, 0.29) is 31.7 Å². The lowest BCUT2D eigenvalue weighted by atomic mass is 9.91. The number of benzene rings is 2. The van der Waals surface area contributed by atoms with E-state index in [1.54, 1.807) is 53.2 Å². The molecule has 4 rings (SSSR count). The largest absolute Gasteiger partial charge is 0.380 e. The fourth-order valence-corrected chi connectivity index (χ4v) is 4.76. The van der Waals surface area contributed by atoms with Crippen LogP contribution in [0.5, 0.6) is 0 Å². The van der Waals surface area contributed by atoms with E-state index in [9.17, 15) is 18.3 Å². The minimum absolute atomic E-state index is 0.106. The number of sulfone groups is 1. The van der Waals surface area contributed by atoms with Crippen LogP contribution >= 0.6 is 0 Å². The van der Waals surface area contributed by atoms with Crippen molar-refractivity contribution in [2.45, 2.75) is 30.2 Å². The number of carbonyl (C=O) groups is 1. The van der Waals surface area contributed by atoms with Gasteiger partial charge in [0.05, 0.1) is 24.3 Å². The number of halogens is 1. The minimum atomic E-state index is -3.84. The number of nitrogens with one attached hydrogen (secondary N) is 1. The number of hydrogen-bond donors (Lipinski definition) is 3. The van der Waals surface area contributed by atoms with Gasteiger partial charge in [-0.15, -0.1) is 0 Å². The standard InChI is InChI=1S/C25H25FN2O6S/c1-24(23(29)27-31,35(2,32)33)12-14-28-13-11-20-21(28)10-7-18(22(20)26)6-3-17-4-8-19(9-5-17)25(30)15-34-16-25/h4-5,7-11,13,30-31H,12,14-16H2,1-2H3,(H,27,29)/t24-/m1/s1. The van der Waals surface area contributed by atoms with E-state index in [2.05, 4.69) is 11.8 Å². The predicted molar refractivity (Wildman–Crippen MR) is 127 cm³/mol. The van der Waals surface area contributed by atoms with Gasteiger partial charge in [-0.2, -0.15) is 0 Å². The second kappa shape index (κ2) is 9.09. The van der Waals surface area contributed by atoms with Crippen LogP contribution < -0.4 is 5.48 Å². The summed E-state index contributed by atoms with van der Waals surface area (Å²) in [5.41, 5.74) is 2.59. The normalized spacial score (nSPS) is 16.6. The first kappa shape index (κ1) is 24.9. The summed E-state index contributed by atoms with van der Waals surface area (Å²) < 4.78 is 44.4. The number of hydroxylamine groups is 1. The Kier molecular flexibility index (Phi) is 6.46. The van der Waals surface area contributed by atoms with Gasteiger partial charge in [0.2, 0.25) is 0 Å². The van der Waals surface area contributed by atoms with Crippen molar-refractivity contribution in [2.75, 3.05) is 19.5 Å². The fourth-order valence-electron chi connectivity index (χ4n) is 3.91. The Morgan fingerprint density at radius 2 is 1.89 bits per heavy atom. The number of aryl methyl sites for hydroxylation is 1. The molecule has 0 bridgehead atoms. The Balaban J connectivity index is 1.55. The molecule has 2 aromatic carbocycles. The highest BCUT2D eigenvalue weighted by Gasteiger charge is 2.43. The summed E-state index contributed by atoms with van der Waals surface area (Å²) in [6.07, 6.45) is 2.41. The average molecular weight is 501 g/mol. The van der Waals surface area contributed by atoms with Crippen molar-refractivity contribution < 1.29 is 32.7 Å². The quantitative estimate of drug-likeness (QED) is 0.271. The fraction of sp³-hybridized carbons (Fsp3) is 0.320. The van der Waals surface area contributed by atoms with Gasteiger partial charge in [0.15, 0.2) is 14.6 Å². The van der Waals surface area contributed by atoms with E-state index < -0.39 is 31.9 Å². The maximum atomic E-state index is 15.1. The van der Waals surface area contributed by atoms with Crippen LogP contribution in [0.4, 0.5) is 4.39 Å². The number of aliphatic hydroxyl groups is 1. The molecule has 0 radical (unpaired) electrons. The third kappa shape index (κ3) is 4.56. The number of aromatic nitrogens is 1. The van der Waals surface area contributed by atoms with Gasteiger partial charge in [-0.25, -0.2) is 18.3 Å². The molecule has 0 aliphatic carbocycles. The summed E-state index contributed by atoms with van der Waals surface area (Å²) in [5.74, 6) is 4.22. The molecule has 1 amide bonds. The topological polar surface area (TPSA) is 118 Å². The lowest BCUT2D eigenvalue weighted by Gasteiger charge is -2.36. The lowest BCUT2D eigenvalue weighted by Crippen LogP contribution is -2.49. The zero-order valence-corrected chi connectivity index (χ0v) is 20.0. The molecular weight excluding hydrogens is 475 g/mol. The van der Waals surface area contributed by atoms with Gasteiger partial charge in [-0.3, -0.25) is 10.0 Å². The van der Waals surface area contributed by atoms with E-state index in [0.29, 0.717) is 16.5 Å². The molecule has 1 atom stereocenters. The van der Waals surface area contributed by atoms with E-state index in [0.717, 1.165) is 11.8 Å². The molecule has 0 unspecified atom stereocenters. The molecule has 3 N–H and O–H groups in total. The number of nitrogens with zero attached hydrogens (tertiary/aromatic N) is 1. The SMILES string of the molecule is C[C@@](CCn1ccc2c(F)c(C#Cc3ccc(C4(O)COC4)cc3)ccc21)(C(=O)NO)S(C)(=O)=O. The average Bonchev–Trinajstić information content (AvgIpc) is 3.23. The van der Waals surface area contributed by atoms with E-state index >= 15 is 4.39 Å². The molecular formula is C25H25FN2O6S. The van der Waals surface area contributed by atoms with Crippen LogP contribution in [0.25, 0.3) is 10.9 Å². The maximum Gasteiger partial charge on any atom is 0.264 e. The van der Waals surface area contributed by atoms with Crippen molar-refractivity contribution in [1.82, 2.24) is 10.0 Å². The molecule has 1 saturated heterocycles. The summed E-state index contributed by atoms with van der Waals surface area (Å²) in [4.78, 5) is 12.0. The van der Waals surface area contributed by atoms with Gasteiger partial charge in [0.1, 0.15) is 11.4 Å². The summed E-state index contributed by atoms with van der Waals surface area (Å²) in [7, 11) is -3.84. The minimum Gasteiger partial charge on any atom is -0.380 e. The molecule has 1 aliphatic heterocycles. The van der Waals surface area contributed by atoms with Crippen LogP contribution in [-0.2, 0) is 31.5 Å². The van der Waals surface area contributed by atoms with Crippen molar-refractivity contribution in [3.63, 3.8) is 0 Å². The molecule has 8 nitrogen and oxygen atoms in total. The van der Waals surface area contributed by atoms with Gasteiger partial charge in [-0.05, 0) is 49.2 Å². The molecule has 0 spiro atoms. The van der Waals surface area contributed by atoms with Crippen LogP contribution in [0, 0.1) is 17.7 Å². The van der Waals surface area contributed by atoms with Gasteiger partial charge < -0.3 is 14.4 Å². The Morgan fingerprint density at radius 3 is 2.46 bits per heavy atom. The molecule has 184 valence electrons. The zero-order valence-electron chi connectivity index (χ0n) is 19.2. The second-order valence-corrected chi connectivity index (χ2v) is 11.4. The monoisotopic (exact) mass is 500 g/mol. The number of hydrogen-bond acceptors (Lipinski definition) is 6. The van der Waals surface area contributed by atoms with Gasteiger partial charge >= 0.3 is 0 Å². The highest BCUT2D eigenvalue weighted by Crippen LogP contribution is 2.29. The van der Waals surface area contributed by atoms with Crippen LogP contribution in [0.15, 0.2) is 48.7 Å². The Labute approximate surface area is 202 Å². The van der Waals surface area contributed by atoms with Crippen LogP contribution in [0.3, 0.4) is 0 Å². The van der Waals surface area contributed by atoms with Crippen LogP contribution in [0.1, 0.15) is 30.0 Å². The first-order valence-corrected chi connectivity index (χ1v) is 12.7. The van der Waals surface area contributed by atoms with Crippen LogP contribution in [-0.4, -0.2) is 53.4 Å². The molecule has 1 fully saturated rings. The second-order valence-electron chi connectivity index (χ2n) is 8.91. The first-order chi connectivity index (χ1) is 16.5. The first-order valence-electron chi connectivity index (χ1n) is 10.8. The van der Waals surface area contributed by atoms with Crippen molar-refractivity contribution in [1.29, 1.82) is 0 Å². The van der Waals surface area contributed by atoms with Crippen molar-refractivity contribution >= 4 is 26.6 Å². The smallest absolute Gasteiger partial charge is 0.264 e. The summed E-state index contributed by atoms with van der Waals surface area (Å²) in [6.45, 7) is 1.85. The Morgan fingerprint density at radius 1 is 1.20 bits per heavy atom. The lowest BCUT2D eigenvalue weighted by molar-refractivity contribution is -0.184. The zero-order chi connectivity index (χ0) is 25.4. The molecule has 2 heterocycles. The molecule has 35 heavy (non-hydrogen) atoms. The molecule has 1 aromatic heterocycles. The van der Waals surface area contributed by atoms with Gasteiger partial charge in [-0.1, -0.05) is 24.0 Å². The van der Waals surface area contributed by atoms with E-state index in [1.165, 1.54) is 12.4 Å². The number of amides is 1. The predicted octanol–water partition coefficient (Wildman–Crippen LogP) is 2.10. The highest BCUT2D eigenvalue weighted by atomic mass is 32.2. The third-order valence-corrected chi connectivity index (χ3v) is 8.59. The number of ether oxygens (including phenoxy) is 1. The number of carbonyl (C=O) groups excluding carboxylic acids is 1. The number of rotatable bonds is 6. The summed E-state index contributed by atoms with van der Waals surface area (Å²) >= 11 is 0. The van der Waals surface area contributed by atoms with Crippen molar-refractivity contribution in [3.05, 3.63) is 71.2 Å². The molecule has 1 aliphatic rings. The third-order valence-electron chi connectivity index (χ3n) is 6.56. The molecule has 10 heteroatoms. The van der Waals surface area contributed by atoms with E-state index in [1.807, 2.05) is 0 Å². The molecule has 0 saturated carbocycles. The van der Waals surface area contributed by atoms with Crippen LogP contribution in [0.2, 0.25) is 0 Å². The van der Waals surface area contributed by atoms with Gasteiger partial charge in [0.25, 0.3) is 5.91 Å². The maximum absolute atomic E-state index is 15.1. The van der Waals surface area contributed by atoms with Gasteiger partial charge in [0, 0.05) is 29.9 Å². The highest BCUT2D eigenvalue weighted by molar-refractivity contribution is 7.92. The Hall–Kier alpha value is -3.23.